The van der Waals surface area contributed by atoms with Gasteiger partial charge in [0.2, 0.25) is 0 Å². The molecule has 1 aliphatic heterocycles. The van der Waals surface area contributed by atoms with Crippen molar-refractivity contribution in [3.63, 3.8) is 0 Å². The van der Waals surface area contributed by atoms with Crippen molar-refractivity contribution in [1.82, 2.24) is 10.6 Å². The predicted octanol–water partition coefficient (Wildman–Crippen LogP) is 3.54. The average Bonchev–Trinajstić information content (AvgIpc) is 3.07. The number of benzene rings is 1. The van der Waals surface area contributed by atoms with E-state index in [1.54, 1.807) is 7.05 Å². The van der Waals surface area contributed by atoms with E-state index in [0.29, 0.717) is 12.3 Å². The number of aliphatic imine (C=N–C) groups is 1. The second-order valence-corrected chi connectivity index (χ2v) is 10.9. The number of fused-ring (bicyclic) bond motifs is 1. The number of nitrogens with one attached hydrogen (secondary N) is 2. The maximum Gasteiger partial charge on any atom is 0.191 e. The standard InChI is InChI=1S/C21H33N3O2S/c1-20(2,3)27(25)14-13-23-19(22-4)24-17-15-21(11-7-8-12-21)26-18-10-6-5-9-16(17)18/h5-6,9-10,17H,7-8,11-15H2,1-4H3,(H2,22,23,24). The van der Waals surface area contributed by atoms with Crippen LogP contribution in [0.5, 0.6) is 5.75 Å². The monoisotopic (exact) mass is 391 g/mol. The first-order valence-corrected chi connectivity index (χ1v) is 11.3. The van der Waals surface area contributed by atoms with E-state index in [4.69, 9.17) is 4.74 Å². The molecule has 2 N–H and O–H groups in total. The van der Waals surface area contributed by atoms with E-state index in [2.05, 4.69) is 33.8 Å². The molecule has 0 amide bonds. The molecule has 1 aromatic rings. The van der Waals surface area contributed by atoms with Crippen molar-refractivity contribution in [2.24, 2.45) is 4.99 Å². The third-order valence-corrected chi connectivity index (χ3v) is 7.45. The maximum absolute atomic E-state index is 12.3. The minimum Gasteiger partial charge on any atom is -0.487 e. The van der Waals surface area contributed by atoms with Crippen LogP contribution in [0.2, 0.25) is 0 Å². The molecule has 1 aromatic carbocycles. The van der Waals surface area contributed by atoms with E-state index in [0.717, 1.165) is 31.0 Å². The van der Waals surface area contributed by atoms with Gasteiger partial charge in [0.1, 0.15) is 11.4 Å². The lowest BCUT2D eigenvalue weighted by Crippen LogP contribution is -2.47. The summed E-state index contributed by atoms with van der Waals surface area (Å²) in [4.78, 5) is 4.38. The Bertz CT molecular complexity index is 706. The van der Waals surface area contributed by atoms with Crippen LogP contribution in [-0.2, 0) is 10.8 Å². The molecule has 2 atom stereocenters. The lowest BCUT2D eigenvalue weighted by Gasteiger charge is -2.40. The highest BCUT2D eigenvalue weighted by Crippen LogP contribution is 2.46. The lowest BCUT2D eigenvalue weighted by molar-refractivity contribution is 0.0396. The molecule has 3 rings (SSSR count). The minimum absolute atomic E-state index is 0.0431. The van der Waals surface area contributed by atoms with Crippen LogP contribution in [0.25, 0.3) is 0 Å². The van der Waals surface area contributed by atoms with Crippen molar-refractivity contribution in [3.8, 4) is 5.75 Å². The van der Waals surface area contributed by atoms with Gasteiger partial charge in [-0.05, 0) is 52.5 Å². The van der Waals surface area contributed by atoms with E-state index < -0.39 is 10.8 Å². The second-order valence-electron chi connectivity index (χ2n) is 8.59. The Kier molecular flexibility index (Phi) is 6.14. The summed E-state index contributed by atoms with van der Waals surface area (Å²) >= 11 is 0. The van der Waals surface area contributed by atoms with Gasteiger partial charge in [-0.3, -0.25) is 9.20 Å². The number of guanidine groups is 1. The normalized spacial score (nSPS) is 22.8. The molecule has 0 saturated heterocycles. The molecular formula is C21H33N3O2S. The van der Waals surface area contributed by atoms with Gasteiger partial charge in [0.05, 0.1) is 6.04 Å². The number of hydrogen-bond acceptors (Lipinski definition) is 3. The first kappa shape index (κ1) is 20.2. The molecule has 1 saturated carbocycles. The quantitative estimate of drug-likeness (QED) is 0.609. The summed E-state index contributed by atoms with van der Waals surface area (Å²) in [7, 11) is 0.913. The number of nitrogens with zero attached hydrogens (tertiary/aromatic N) is 1. The van der Waals surface area contributed by atoms with Gasteiger partial charge in [0.15, 0.2) is 5.96 Å². The first-order valence-electron chi connectivity index (χ1n) is 9.97. The fraction of sp³-hybridized carbons (Fsp3) is 0.667. The van der Waals surface area contributed by atoms with Gasteiger partial charge in [0.25, 0.3) is 0 Å². The summed E-state index contributed by atoms with van der Waals surface area (Å²) < 4.78 is 18.5. The SMILES string of the molecule is CN=C(NCCS(=O)C(C)(C)C)NC1CC2(CCCC2)Oc2ccccc21. The molecule has 2 unspecified atom stereocenters. The van der Waals surface area contributed by atoms with Crippen LogP contribution >= 0.6 is 0 Å². The highest BCUT2D eigenvalue weighted by molar-refractivity contribution is 7.86. The Hall–Kier alpha value is -1.56. The van der Waals surface area contributed by atoms with Crippen molar-refractivity contribution in [2.75, 3.05) is 19.3 Å². The van der Waals surface area contributed by atoms with E-state index in [1.807, 2.05) is 26.8 Å². The van der Waals surface area contributed by atoms with Gasteiger partial charge >= 0.3 is 0 Å². The zero-order chi connectivity index (χ0) is 19.5. The van der Waals surface area contributed by atoms with Gasteiger partial charge in [-0.15, -0.1) is 0 Å². The number of ether oxygens (including phenoxy) is 1. The maximum atomic E-state index is 12.3. The van der Waals surface area contributed by atoms with Gasteiger partial charge < -0.3 is 15.4 Å². The third kappa shape index (κ3) is 4.84. The Morgan fingerprint density at radius 3 is 2.67 bits per heavy atom. The third-order valence-electron chi connectivity index (χ3n) is 5.51. The van der Waals surface area contributed by atoms with Crippen LogP contribution in [0.1, 0.15) is 64.5 Å². The Morgan fingerprint density at radius 1 is 1.30 bits per heavy atom. The molecule has 6 heteroatoms. The van der Waals surface area contributed by atoms with E-state index in [1.165, 1.54) is 18.4 Å². The molecule has 1 heterocycles. The fourth-order valence-electron chi connectivity index (χ4n) is 4.00. The molecular weight excluding hydrogens is 358 g/mol. The minimum atomic E-state index is -0.871. The van der Waals surface area contributed by atoms with Gasteiger partial charge in [-0.25, -0.2) is 0 Å². The highest BCUT2D eigenvalue weighted by atomic mass is 32.2. The summed E-state index contributed by atoms with van der Waals surface area (Å²) in [6.07, 6.45) is 5.67. The molecule has 27 heavy (non-hydrogen) atoms. The van der Waals surface area contributed by atoms with Gasteiger partial charge in [-0.1, -0.05) is 18.2 Å². The smallest absolute Gasteiger partial charge is 0.191 e. The van der Waals surface area contributed by atoms with E-state index in [-0.39, 0.29) is 16.4 Å². The molecule has 1 spiro atoms. The summed E-state index contributed by atoms with van der Waals surface area (Å²) in [5.41, 5.74) is 1.15. The van der Waals surface area contributed by atoms with Crippen molar-refractivity contribution in [2.45, 2.75) is 69.3 Å². The van der Waals surface area contributed by atoms with E-state index >= 15 is 0 Å². The van der Waals surface area contributed by atoms with Gasteiger partial charge in [0, 0.05) is 46.9 Å². The molecule has 1 aliphatic carbocycles. The average molecular weight is 392 g/mol. The van der Waals surface area contributed by atoms with Crippen molar-refractivity contribution >= 4 is 16.8 Å². The zero-order valence-electron chi connectivity index (χ0n) is 17.0. The van der Waals surface area contributed by atoms with Crippen molar-refractivity contribution in [3.05, 3.63) is 29.8 Å². The number of para-hydroxylation sites is 1. The molecule has 2 aliphatic rings. The second kappa shape index (κ2) is 8.21. The van der Waals surface area contributed by atoms with Gasteiger partial charge in [-0.2, -0.15) is 0 Å². The van der Waals surface area contributed by atoms with Crippen LogP contribution in [-0.4, -0.2) is 39.9 Å². The Balaban J connectivity index is 1.66. The Morgan fingerprint density at radius 2 is 2.00 bits per heavy atom. The molecule has 5 nitrogen and oxygen atoms in total. The molecule has 0 radical (unpaired) electrons. The van der Waals surface area contributed by atoms with Crippen LogP contribution in [0.4, 0.5) is 0 Å². The fourth-order valence-corrected chi connectivity index (χ4v) is 4.90. The van der Waals surface area contributed by atoms with Crippen LogP contribution in [0.3, 0.4) is 0 Å². The summed E-state index contributed by atoms with van der Waals surface area (Å²) in [5.74, 6) is 2.36. The van der Waals surface area contributed by atoms with Crippen LogP contribution in [0, 0.1) is 0 Å². The van der Waals surface area contributed by atoms with Crippen molar-refractivity contribution in [1.29, 1.82) is 0 Å². The summed E-state index contributed by atoms with van der Waals surface area (Å²) in [6, 6.07) is 8.49. The number of hydrogen-bond donors (Lipinski definition) is 2. The number of rotatable bonds is 4. The highest BCUT2D eigenvalue weighted by Gasteiger charge is 2.43. The largest absolute Gasteiger partial charge is 0.487 e. The topological polar surface area (TPSA) is 62.7 Å². The Labute approximate surface area is 165 Å². The van der Waals surface area contributed by atoms with Crippen molar-refractivity contribution < 1.29 is 8.95 Å². The summed E-state index contributed by atoms with van der Waals surface area (Å²) in [6.45, 7) is 6.67. The molecule has 0 bridgehead atoms. The van der Waals surface area contributed by atoms with Crippen LogP contribution in [0.15, 0.2) is 29.3 Å². The molecule has 1 fully saturated rings. The molecule has 150 valence electrons. The predicted molar refractivity (Wildman–Crippen MR) is 113 cm³/mol. The molecule has 0 aromatic heterocycles. The van der Waals surface area contributed by atoms with E-state index in [9.17, 15) is 4.21 Å². The zero-order valence-corrected chi connectivity index (χ0v) is 17.8. The lowest BCUT2D eigenvalue weighted by atomic mass is 9.86. The first-order chi connectivity index (χ1) is 12.8. The summed E-state index contributed by atoms with van der Waals surface area (Å²) in [5, 5.41) is 6.92. The van der Waals surface area contributed by atoms with Crippen LogP contribution < -0.4 is 15.4 Å².